The zero-order valence-electron chi connectivity index (χ0n) is 23.0. The van der Waals surface area contributed by atoms with E-state index in [1.807, 2.05) is 0 Å². The van der Waals surface area contributed by atoms with E-state index >= 15 is 0 Å². The van der Waals surface area contributed by atoms with Gasteiger partial charge in [-0.15, -0.1) is 0 Å². The topological polar surface area (TPSA) is 184 Å². The van der Waals surface area contributed by atoms with Crippen molar-refractivity contribution in [3.05, 3.63) is 86.8 Å². The number of furan rings is 1. The lowest BCUT2D eigenvalue weighted by Gasteiger charge is -2.28. The molecule has 0 radical (unpaired) electrons. The lowest BCUT2D eigenvalue weighted by atomic mass is 9.95. The Morgan fingerprint density at radius 2 is 1.90 bits per heavy atom. The number of benzene rings is 2. The summed E-state index contributed by atoms with van der Waals surface area (Å²) < 4.78 is 21.6. The highest BCUT2D eigenvalue weighted by Gasteiger charge is 2.32. The molecule has 2 heterocycles. The minimum atomic E-state index is -0.793. The normalized spacial score (nSPS) is 14.7. The van der Waals surface area contributed by atoms with Crippen LogP contribution >= 0.6 is 0 Å². The van der Waals surface area contributed by atoms with E-state index in [1.54, 1.807) is 50.2 Å². The van der Waals surface area contributed by atoms with E-state index < -0.39 is 35.5 Å². The standard InChI is InChI=1S/C28H27N5O9/c1-15-11-18(33(37)38)6-8-20(15)21-10-7-19(42-21)13-29-32-24(34)14-41-22-9-5-17(12-23(22)39-3)26-25(27(35)40-4)16(2)30-28(36)31-26/h5-13,26H,14H2,1-4H3,(H,32,34)(H2,30,31,36)/b29-13-/t26-/m0/s1. The van der Waals surface area contributed by atoms with E-state index in [2.05, 4.69) is 21.2 Å². The Kier molecular flexibility index (Phi) is 8.85. The highest BCUT2D eigenvalue weighted by atomic mass is 16.6. The van der Waals surface area contributed by atoms with Crippen LogP contribution in [-0.4, -0.2) is 49.9 Å². The van der Waals surface area contributed by atoms with Crippen LogP contribution in [0.1, 0.15) is 29.9 Å². The summed E-state index contributed by atoms with van der Waals surface area (Å²) in [5, 5.41) is 20.1. The van der Waals surface area contributed by atoms with Crippen molar-refractivity contribution >= 4 is 29.8 Å². The zero-order chi connectivity index (χ0) is 30.4. The summed E-state index contributed by atoms with van der Waals surface area (Å²) in [5.74, 6) is 0.184. The van der Waals surface area contributed by atoms with Crippen LogP contribution in [0.4, 0.5) is 10.5 Å². The number of hydrogen-bond acceptors (Lipinski definition) is 10. The second-order valence-corrected chi connectivity index (χ2v) is 9.01. The Balaban J connectivity index is 1.37. The lowest BCUT2D eigenvalue weighted by molar-refractivity contribution is -0.384. The Labute approximate surface area is 239 Å². The van der Waals surface area contributed by atoms with Crippen LogP contribution < -0.4 is 25.5 Å². The van der Waals surface area contributed by atoms with Crippen molar-refractivity contribution in [2.45, 2.75) is 19.9 Å². The number of ether oxygens (including phenoxy) is 3. The molecule has 0 spiro atoms. The van der Waals surface area contributed by atoms with Gasteiger partial charge in [-0.25, -0.2) is 15.0 Å². The van der Waals surface area contributed by atoms with Crippen molar-refractivity contribution in [3.63, 3.8) is 0 Å². The summed E-state index contributed by atoms with van der Waals surface area (Å²) in [7, 11) is 2.66. The third kappa shape index (κ3) is 6.55. The number of methoxy groups -OCH3 is 2. The summed E-state index contributed by atoms with van der Waals surface area (Å²) >= 11 is 0. The first-order valence-corrected chi connectivity index (χ1v) is 12.5. The third-order valence-corrected chi connectivity index (χ3v) is 6.25. The summed E-state index contributed by atoms with van der Waals surface area (Å²) in [6.45, 7) is 2.94. The highest BCUT2D eigenvalue weighted by molar-refractivity contribution is 5.95. The van der Waals surface area contributed by atoms with Crippen LogP contribution in [0.2, 0.25) is 0 Å². The average Bonchev–Trinajstić information content (AvgIpc) is 3.43. The molecule has 14 heteroatoms. The molecule has 14 nitrogen and oxygen atoms in total. The highest BCUT2D eigenvalue weighted by Crippen LogP contribution is 2.34. The number of amides is 3. The van der Waals surface area contributed by atoms with Gasteiger partial charge in [-0.2, -0.15) is 5.10 Å². The minimum absolute atomic E-state index is 0.0155. The fraction of sp³-hybridized carbons (Fsp3) is 0.214. The number of nitro benzene ring substituents is 1. The number of rotatable bonds is 10. The molecule has 0 saturated heterocycles. The summed E-state index contributed by atoms with van der Waals surface area (Å²) in [6, 6.07) is 11.3. The van der Waals surface area contributed by atoms with Crippen LogP contribution in [0.5, 0.6) is 11.5 Å². The van der Waals surface area contributed by atoms with E-state index in [0.717, 1.165) is 0 Å². The van der Waals surface area contributed by atoms with Gasteiger partial charge in [-0.1, -0.05) is 6.07 Å². The van der Waals surface area contributed by atoms with E-state index in [-0.39, 0.29) is 22.8 Å². The number of carbonyl (C=O) groups excluding carboxylic acids is 3. The van der Waals surface area contributed by atoms with Gasteiger partial charge in [0.05, 0.1) is 37.0 Å². The maximum atomic E-state index is 12.3. The van der Waals surface area contributed by atoms with Crippen molar-refractivity contribution < 1.29 is 37.9 Å². The molecule has 0 aliphatic carbocycles. The molecule has 1 atom stereocenters. The first kappa shape index (κ1) is 29.3. The van der Waals surface area contributed by atoms with Crippen molar-refractivity contribution in [3.8, 4) is 22.8 Å². The van der Waals surface area contributed by atoms with Crippen molar-refractivity contribution in [2.24, 2.45) is 5.10 Å². The van der Waals surface area contributed by atoms with E-state index in [0.29, 0.717) is 33.9 Å². The number of non-ortho nitro benzene ring substituents is 1. The van der Waals surface area contributed by atoms with Gasteiger partial charge in [0.25, 0.3) is 11.6 Å². The number of carbonyl (C=O) groups is 3. The number of aryl methyl sites for hydroxylation is 1. The number of hydrogen-bond donors (Lipinski definition) is 3. The van der Waals surface area contributed by atoms with Gasteiger partial charge in [0, 0.05) is 23.4 Å². The molecule has 0 fully saturated rings. The van der Waals surface area contributed by atoms with Gasteiger partial charge in [0.2, 0.25) is 0 Å². The average molecular weight is 578 g/mol. The van der Waals surface area contributed by atoms with Gasteiger partial charge < -0.3 is 29.3 Å². The SMILES string of the molecule is COC(=O)C1=C(C)NC(=O)N[C@H]1c1ccc(OCC(=O)N/N=C\c2ccc(-c3ccc([N+](=O)[O-])cc3C)o2)c(OC)c1. The Morgan fingerprint density at radius 1 is 1.12 bits per heavy atom. The Morgan fingerprint density at radius 3 is 2.60 bits per heavy atom. The molecule has 2 aromatic carbocycles. The first-order valence-electron chi connectivity index (χ1n) is 12.5. The molecule has 3 N–H and O–H groups in total. The number of allylic oxidation sites excluding steroid dienone is 1. The summed E-state index contributed by atoms with van der Waals surface area (Å²) in [6.07, 6.45) is 1.30. The Hall–Kier alpha value is -5.66. The molecular weight excluding hydrogens is 550 g/mol. The van der Waals surface area contributed by atoms with Crippen LogP contribution in [0.25, 0.3) is 11.3 Å². The molecular formula is C28H27N5O9. The van der Waals surface area contributed by atoms with Gasteiger partial charge in [0.1, 0.15) is 11.5 Å². The number of esters is 1. The predicted octanol–water partition coefficient (Wildman–Crippen LogP) is 3.50. The minimum Gasteiger partial charge on any atom is -0.493 e. The fourth-order valence-corrected chi connectivity index (χ4v) is 4.26. The number of nitro groups is 1. The van der Waals surface area contributed by atoms with Gasteiger partial charge >= 0.3 is 12.0 Å². The molecule has 1 aliphatic rings. The summed E-state index contributed by atoms with van der Waals surface area (Å²) in [4.78, 5) is 47.2. The number of nitrogens with zero attached hydrogens (tertiary/aromatic N) is 2. The number of hydrazone groups is 1. The number of nitrogens with one attached hydrogen (secondary N) is 3. The van der Waals surface area contributed by atoms with Gasteiger partial charge in [-0.05, 0) is 55.3 Å². The van der Waals surface area contributed by atoms with E-state index in [9.17, 15) is 24.5 Å². The molecule has 3 amide bonds. The van der Waals surface area contributed by atoms with Crippen molar-refractivity contribution in [1.82, 2.24) is 16.1 Å². The molecule has 42 heavy (non-hydrogen) atoms. The molecule has 4 rings (SSSR count). The van der Waals surface area contributed by atoms with Crippen LogP contribution in [0.15, 0.2) is 69.3 Å². The first-order chi connectivity index (χ1) is 20.1. The second-order valence-electron chi connectivity index (χ2n) is 9.01. The molecule has 1 aromatic heterocycles. The van der Waals surface area contributed by atoms with Crippen LogP contribution in [0, 0.1) is 17.0 Å². The van der Waals surface area contributed by atoms with Crippen molar-refractivity contribution in [1.29, 1.82) is 0 Å². The largest absolute Gasteiger partial charge is 0.493 e. The van der Waals surface area contributed by atoms with Crippen LogP contribution in [-0.2, 0) is 14.3 Å². The second kappa shape index (κ2) is 12.7. The molecule has 0 bridgehead atoms. The van der Waals surface area contributed by atoms with Crippen molar-refractivity contribution in [2.75, 3.05) is 20.8 Å². The maximum absolute atomic E-state index is 12.3. The molecule has 1 aliphatic heterocycles. The zero-order valence-corrected chi connectivity index (χ0v) is 23.0. The molecule has 0 unspecified atom stereocenters. The number of urea groups is 1. The molecule has 218 valence electrons. The van der Waals surface area contributed by atoms with E-state index in [4.69, 9.17) is 18.6 Å². The molecule has 0 saturated carbocycles. The molecule has 3 aromatic rings. The maximum Gasteiger partial charge on any atom is 0.337 e. The van der Waals surface area contributed by atoms with Crippen LogP contribution in [0.3, 0.4) is 0 Å². The summed E-state index contributed by atoms with van der Waals surface area (Å²) in [5.41, 5.74) is 4.81. The monoisotopic (exact) mass is 577 g/mol. The van der Waals surface area contributed by atoms with E-state index in [1.165, 1.54) is 32.6 Å². The quantitative estimate of drug-likeness (QED) is 0.140. The smallest absolute Gasteiger partial charge is 0.337 e. The lowest BCUT2D eigenvalue weighted by Crippen LogP contribution is -2.45. The predicted molar refractivity (Wildman–Crippen MR) is 149 cm³/mol. The fourth-order valence-electron chi connectivity index (χ4n) is 4.26. The van der Waals surface area contributed by atoms with Gasteiger partial charge in [0.15, 0.2) is 18.1 Å². The third-order valence-electron chi connectivity index (χ3n) is 6.25. The van der Waals surface area contributed by atoms with Gasteiger partial charge in [-0.3, -0.25) is 14.9 Å². The Bertz CT molecular complexity index is 1610.